The molecule has 10 aromatic rings. The molecular formula is C53H38N4. The quantitative estimate of drug-likeness (QED) is 0.177. The van der Waals surface area contributed by atoms with E-state index in [1.807, 2.05) is 12.1 Å². The van der Waals surface area contributed by atoms with Crippen molar-refractivity contribution >= 4 is 49.6 Å². The summed E-state index contributed by atoms with van der Waals surface area (Å²) in [4.78, 5) is 13.1. The fraction of sp³-hybridized carbons (Fsp3) is 0.0566. The van der Waals surface area contributed by atoms with Crippen molar-refractivity contribution in [1.82, 2.24) is 14.5 Å². The maximum Gasteiger partial charge on any atom is 0.235 e. The van der Waals surface area contributed by atoms with Gasteiger partial charge in [-0.3, -0.25) is 4.57 Å². The Bertz CT molecular complexity index is 3090. The Hall–Kier alpha value is -7.30. The lowest BCUT2D eigenvalue weighted by molar-refractivity contribution is 0.632. The number of para-hydroxylation sites is 2. The number of hydrogen-bond donors (Lipinski definition) is 0. The zero-order valence-corrected chi connectivity index (χ0v) is 31.8. The normalized spacial score (nSPS) is 13.2. The summed E-state index contributed by atoms with van der Waals surface area (Å²) >= 11 is 0. The maximum absolute atomic E-state index is 5.34. The Kier molecular flexibility index (Phi) is 7.48. The second-order valence-corrected chi connectivity index (χ2v) is 15.4. The molecular weight excluding hydrogens is 693 g/mol. The number of fused-ring (bicyclic) bond motifs is 7. The van der Waals surface area contributed by atoms with Crippen LogP contribution in [0.2, 0.25) is 0 Å². The van der Waals surface area contributed by atoms with Crippen LogP contribution in [0.3, 0.4) is 0 Å². The monoisotopic (exact) mass is 730 g/mol. The van der Waals surface area contributed by atoms with Crippen molar-refractivity contribution in [3.8, 4) is 39.6 Å². The van der Waals surface area contributed by atoms with Crippen LogP contribution in [0, 0.1) is 0 Å². The van der Waals surface area contributed by atoms with Gasteiger partial charge < -0.3 is 4.90 Å². The standard InChI is InChI=1S/C53H38N4/c1-53(2)42-26-14-15-27-46(42)56(39-22-10-5-11-23-39)49-33-38(29-31-43(49)53)41-25-16-28-47-51(41)50-40-24-13-12-17-35(40)30-32-48(50)57(47)52-54-44(36-18-6-3-7-19-36)34-45(55-52)37-20-8-4-9-21-37/h3-34H,1-2H3. The van der Waals surface area contributed by atoms with Gasteiger partial charge in [0.2, 0.25) is 5.95 Å². The minimum absolute atomic E-state index is 0.189. The van der Waals surface area contributed by atoms with Crippen molar-refractivity contribution in [3.05, 3.63) is 205 Å². The molecule has 0 radical (unpaired) electrons. The molecule has 0 fully saturated rings. The Morgan fingerprint density at radius 1 is 0.439 bits per heavy atom. The largest absolute Gasteiger partial charge is 0.310 e. The second-order valence-electron chi connectivity index (χ2n) is 15.4. The number of hydrogen-bond acceptors (Lipinski definition) is 3. The average Bonchev–Trinajstić information content (AvgIpc) is 3.62. The van der Waals surface area contributed by atoms with Crippen molar-refractivity contribution in [1.29, 1.82) is 0 Å². The molecule has 4 heteroatoms. The molecule has 0 saturated heterocycles. The average molecular weight is 731 g/mol. The van der Waals surface area contributed by atoms with Crippen LogP contribution < -0.4 is 4.90 Å². The lowest BCUT2D eigenvalue weighted by Gasteiger charge is -2.42. The predicted molar refractivity (Wildman–Crippen MR) is 237 cm³/mol. The number of benzene rings is 8. The minimum Gasteiger partial charge on any atom is -0.310 e. The fourth-order valence-electron chi connectivity index (χ4n) is 9.07. The molecule has 0 unspecified atom stereocenters. The van der Waals surface area contributed by atoms with E-state index in [2.05, 4.69) is 205 Å². The van der Waals surface area contributed by atoms with Crippen molar-refractivity contribution in [3.63, 3.8) is 0 Å². The highest BCUT2D eigenvalue weighted by atomic mass is 15.2. The van der Waals surface area contributed by atoms with Crippen LogP contribution in [-0.2, 0) is 5.41 Å². The molecule has 0 bridgehead atoms. The number of anilines is 3. The highest BCUT2D eigenvalue weighted by molar-refractivity contribution is 6.25. The van der Waals surface area contributed by atoms with Gasteiger partial charge in [-0.1, -0.05) is 166 Å². The maximum atomic E-state index is 5.34. The Balaban J connectivity index is 1.21. The van der Waals surface area contributed by atoms with Crippen LogP contribution in [0.5, 0.6) is 0 Å². The molecule has 57 heavy (non-hydrogen) atoms. The SMILES string of the molecule is CC1(C)c2ccccc2N(c2ccccc2)c2cc(-c3cccc4c3c3c5ccccc5ccc3n4-c3nc(-c4ccccc4)cc(-c4ccccc4)n3)ccc21. The summed E-state index contributed by atoms with van der Waals surface area (Å²) in [6.07, 6.45) is 0. The summed E-state index contributed by atoms with van der Waals surface area (Å²) in [5, 5.41) is 4.77. The van der Waals surface area contributed by atoms with Gasteiger partial charge in [0.25, 0.3) is 0 Å². The third-order valence-electron chi connectivity index (χ3n) is 11.8. The van der Waals surface area contributed by atoms with Crippen LogP contribution >= 0.6 is 0 Å². The van der Waals surface area contributed by atoms with Gasteiger partial charge in [0.05, 0.1) is 33.8 Å². The van der Waals surface area contributed by atoms with Crippen LogP contribution in [-0.4, -0.2) is 14.5 Å². The van der Waals surface area contributed by atoms with E-state index >= 15 is 0 Å². The van der Waals surface area contributed by atoms with E-state index in [0.29, 0.717) is 5.95 Å². The summed E-state index contributed by atoms with van der Waals surface area (Å²) < 4.78 is 2.27. The summed E-state index contributed by atoms with van der Waals surface area (Å²) in [6.45, 7) is 4.70. The first kappa shape index (κ1) is 33.1. The molecule has 0 amide bonds. The van der Waals surface area contributed by atoms with Crippen molar-refractivity contribution < 1.29 is 0 Å². The van der Waals surface area contributed by atoms with Gasteiger partial charge in [0.15, 0.2) is 0 Å². The first-order chi connectivity index (χ1) is 28.0. The van der Waals surface area contributed by atoms with Crippen molar-refractivity contribution in [2.75, 3.05) is 4.90 Å². The van der Waals surface area contributed by atoms with Gasteiger partial charge >= 0.3 is 0 Å². The van der Waals surface area contributed by atoms with E-state index in [4.69, 9.17) is 9.97 Å². The molecule has 0 spiro atoms. The minimum atomic E-state index is -0.189. The van der Waals surface area contributed by atoms with Crippen LogP contribution in [0.1, 0.15) is 25.0 Å². The van der Waals surface area contributed by atoms with Crippen molar-refractivity contribution in [2.45, 2.75) is 19.3 Å². The summed E-state index contributed by atoms with van der Waals surface area (Å²) in [5.74, 6) is 0.640. The first-order valence-corrected chi connectivity index (χ1v) is 19.6. The molecule has 1 aliphatic heterocycles. The molecule has 270 valence electrons. The zero-order valence-electron chi connectivity index (χ0n) is 31.8. The number of nitrogens with zero attached hydrogens (tertiary/aromatic N) is 4. The zero-order chi connectivity index (χ0) is 38.1. The van der Waals surface area contributed by atoms with E-state index in [9.17, 15) is 0 Å². The summed E-state index contributed by atoms with van der Waals surface area (Å²) in [7, 11) is 0. The first-order valence-electron chi connectivity index (χ1n) is 19.6. The van der Waals surface area contributed by atoms with Gasteiger partial charge in [-0.2, -0.15) is 0 Å². The molecule has 1 aliphatic rings. The smallest absolute Gasteiger partial charge is 0.235 e. The predicted octanol–water partition coefficient (Wildman–Crippen LogP) is 13.8. The number of aromatic nitrogens is 3. The van der Waals surface area contributed by atoms with Gasteiger partial charge in [0, 0.05) is 33.0 Å². The van der Waals surface area contributed by atoms with Gasteiger partial charge in [0.1, 0.15) is 0 Å². The van der Waals surface area contributed by atoms with Crippen LogP contribution in [0.15, 0.2) is 194 Å². The van der Waals surface area contributed by atoms with Crippen LogP contribution in [0.4, 0.5) is 17.1 Å². The molecule has 0 atom stereocenters. The molecule has 0 aliphatic carbocycles. The summed E-state index contributed by atoms with van der Waals surface area (Å²) in [6, 6.07) is 69.5. The molecule has 0 N–H and O–H groups in total. The van der Waals surface area contributed by atoms with E-state index in [-0.39, 0.29) is 5.41 Å². The second kappa shape index (κ2) is 12.9. The Morgan fingerprint density at radius 3 is 1.79 bits per heavy atom. The van der Waals surface area contributed by atoms with Crippen LogP contribution in [0.25, 0.3) is 72.2 Å². The Morgan fingerprint density at radius 2 is 1.05 bits per heavy atom. The molecule has 3 heterocycles. The lowest BCUT2D eigenvalue weighted by Crippen LogP contribution is -2.30. The third-order valence-corrected chi connectivity index (χ3v) is 11.8. The lowest BCUT2D eigenvalue weighted by atomic mass is 9.73. The summed E-state index contributed by atoms with van der Waals surface area (Å²) in [5.41, 5.74) is 14.3. The van der Waals surface area contributed by atoms with E-state index < -0.39 is 0 Å². The molecule has 2 aromatic heterocycles. The molecule has 0 saturated carbocycles. The highest BCUT2D eigenvalue weighted by Crippen LogP contribution is 2.53. The molecule has 4 nitrogen and oxygen atoms in total. The Labute approximate surface area is 332 Å². The highest BCUT2D eigenvalue weighted by Gasteiger charge is 2.37. The third kappa shape index (κ3) is 5.22. The fourth-order valence-corrected chi connectivity index (χ4v) is 9.07. The van der Waals surface area contributed by atoms with Gasteiger partial charge in [-0.25, -0.2) is 9.97 Å². The van der Waals surface area contributed by atoms with Gasteiger partial charge in [-0.15, -0.1) is 0 Å². The number of rotatable bonds is 5. The van der Waals surface area contributed by atoms with E-state index in [0.717, 1.165) is 44.8 Å². The molecule has 8 aromatic carbocycles. The van der Waals surface area contributed by atoms with Crippen molar-refractivity contribution in [2.24, 2.45) is 0 Å². The van der Waals surface area contributed by atoms with E-state index in [1.165, 1.54) is 49.6 Å². The van der Waals surface area contributed by atoms with Gasteiger partial charge in [-0.05, 0) is 75.5 Å². The topological polar surface area (TPSA) is 34.0 Å². The molecule has 11 rings (SSSR count). The van der Waals surface area contributed by atoms with E-state index in [1.54, 1.807) is 0 Å².